The molecule has 0 saturated heterocycles. The zero-order valence-electron chi connectivity index (χ0n) is 19.2. The van der Waals surface area contributed by atoms with Crippen LogP contribution in [0.15, 0.2) is 65.6 Å². The zero-order chi connectivity index (χ0) is 24.3. The molecule has 8 nitrogen and oxygen atoms in total. The normalized spacial score (nSPS) is 12.7. The van der Waals surface area contributed by atoms with E-state index in [1.807, 2.05) is 18.2 Å². The monoisotopic (exact) mass is 482 g/mol. The van der Waals surface area contributed by atoms with Crippen LogP contribution in [0.2, 0.25) is 0 Å². The van der Waals surface area contributed by atoms with Crippen LogP contribution in [0.5, 0.6) is 17.2 Å². The molecular formula is C25H26N2O6S. The van der Waals surface area contributed by atoms with E-state index in [1.54, 1.807) is 50.4 Å². The molecule has 1 amide bonds. The lowest BCUT2D eigenvalue weighted by molar-refractivity contribution is 0.0784. The minimum Gasteiger partial charge on any atom is -0.495 e. The van der Waals surface area contributed by atoms with Crippen molar-refractivity contribution in [3.63, 3.8) is 0 Å². The maximum absolute atomic E-state index is 13.1. The number of amides is 1. The Bertz CT molecular complexity index is 1320. The molecule has 9 heteroatoms. The molecule has 1 N–H and O–H groups in total. The fourth-order valence-electron chi connectivity index (χ4n) is 3.70. The van der Waals surface area contributed by atoms with Gasteiger partial charge in [0.25, 0.3) is 15.9 Å². The van der Waals surface area contributed by atoms with Gasteiger partial charge in [0.05, 0.1) is 17.7 Å². The molecule has 1 heterocycles. The van der Waals surface area contributed by atoms with E-state index in [-0.39, 0.29) is 16.4 Å². The van der Waals surface area contributed by atoms with E-state index in [2.05, 4.69) is 4.72 Å². The van der Waals surface area contributed by atoms with Crippen molar-refractivity contribution in [1.82, 2.24) is 4.90 Å². The van der Waals surface area contributed by atoms with Crippen molar-refractivity contribution in [2.75, 3.05) is 32.1 Å². The van der Waals surface area contributed by atoms with Crippen LogP contribution in [-0.2, 0) is 16.6 Å². The van der Waals surface area contributed by atoms with Gasteiger partial charge >= 0.3 is 0 Å². The van der Waals surface area contributed by atoms with E-state index >= 15 is 0 Å². The van der Waals surface area contributed by atoms with Crippen LogP contribution < -0.4 is 18.9 Å². The number of hydrogen-bond acceptors (Lipinski definition) is 6. The van der Waals surface area contributed by atoms with E-state index in [1.165, 1.54) is 18.1 Å². The van der Waals surface area contributed by atoms with Crippen molar-refractivity contribution in [1.29, 1.82) is 0 Å². The number of ether oxygens (including phenoxy) is 3. The van der Waals surface area contributed by atoms with Gasteiger partial charge in [-0.1, -0.05) is 24.3 Å². The van der Waals surface area contributed by atoms with Crippen molar-refractivity contribution in [2.24, 2.45) is 0 Å². The van der Waals surface area contributed by atoms with Crippen LogP contribution in [0, 0.1) is 6.92 Å². The van der Waals surface area contributed by atoms with E-state index in [0.29, 0.717) is 48.3 Å². The third-order valence-corrected chi connectivity index (χ3v) is 6.96. The van der Waals surface area contributed by atoms with E-state index in [9.17, 15) is 13.2 Å². The smallest absolute Gasteiger partial charge is 0.262 e. The molecule has 0 radical (unpaired) electrons. The third kappa shape index (κ3) is 4.94. The van der Waals surface area contributed by atoms with Gasteiger partial charge in [0, 0.05) is 19.2 Å². The van der Waals surface area contributed by atoms with Crippen molar-refractivity contribution in [3.8, 4) is 17.2 Å². The maximum Gasteiger partial charge on any atom is 0.262 e. The molecule has 0 atom stereocenters. The number of carbonyl (C=O) groups excluding carboxylic acids is 1. The summed E-state index contributed by atoms with van der Waals surface area (Å²) in [4.78, 5) is 14.7. The van der Waals surface area contributed by atoms with Gasteiger partial charge in [-0.3, -0.25) is 9.52 Å². The summed E-state index contributed by atoms with van der Waals surface area (Å²) in [7, 11) is -0.824. The summed E-state index contributed by atoms with van der Waals surface area (Å²) in [6.45, 7) is 3.00. The fraction of sp³-hybridized carbons (Fsp3) is 0.240. The Balaban J connectivity index is 1.55. The first-order valence-electron chi connectivity index (χ1n) is 10.7. The number of benzene rings is 3. The molecule has 0 saturated carbocycles. The highest BCUT2D eigenvalue weighted by molar-refractivity contribution is 7.92. The fourth-order valence-corrected chi connectivity index (χ4v) is 5.05. The number of anilines is 1. The number of hydrogen-bond donors (Lipinski definition) is 1. The first kappa shape index (κ1) is 23.4. The van der Waals surface area contributed by atoms with E-state index in [0.717, 1.165) is 5.56 Å². The second-order valence-corrected chi connectivity index (χ2v) is 9.58. The molecular weight excluding hydrogens is 456 g/mol. The van der Waals surface area contributed by atoms with Crippen LogP contribution in [0.1, 0.15) is 21.5 Å². The standard InChI is InChI=1S/C25H26N2O6S/c1-17-8-10-19(15-24(17)34(29,30)26-20-6-4-5-7-21(20)31-3)25(28)27(2)16-18-9-11-22-23(14-18)33-13-12-32-22/h4-11,14-15,26H,12-13,16H2,1-3H3. The van der Waals surface area contributed by atoms with Crippen molar-refractivity contribution in [3.05, 3.63) is 77.4 Å². The van der Waals surface area contributed by atoms with Crippen LogP contribution in [-0.4, -0.2) is 46.6 Å². The molecule has 0 spiro atoms. The minimum atomic E-state index is -3.96. The number of carbonyl (C=O) groups is 1. The molecule has 4 rings (SSSR count). The minimum absolute atomic E-state index is 0.0250. The van der Waals surface area contributed by atoms with Gasteiger partial charge in [-0.25, -0.2) is 8.42 Å². The number of aryl methyl sites for hydroxylation is 1. The zero-order valence-corrected chi connectivity index (χ0v) is 20.0. The predicted octanol–water partition coefficient (Wildman–Crippen LogP) is 3.85. The van der Waals surface area contributed by atoms with E-state index in [4.69, 9.17) is 14.2 Å². The Labute approximate surface area is 199 Å². The highest BCUT2D eigenvalue weighted by Crippen LogP contribution is 2.31. The molecule has 0 bridgehead atoms. The summed E-state index contributed by atoms with van der Waals surface area (Å²) in [6, 6.07) is 16.9. The predicted molar refractivity (Wildman–Crippen MR) is 128 cm³/mol. The number of fused-ring (bicyclic) bond motifs is 1. The van der Waals surface area contributed by atoms with Gasteiger partial charge in [0.15, 0.2) is 11.5 Å². The number of methoxy groups -OCH3 is 1. The van der Waals surface area contributed by atoms with Crippen molar-refractivity contribution in [2.45, 2.75) is 18.4 Å². The first-order valence-corrected chi connectivity index (χ1v) is 12.2. The number of nitrogens with one attached hydrogen (secondary N) is 1. The average molecular weight is 483 g/mol. The highest BCUT2D eigenvalue weighted by atomic mass is 32.2. The van der Waals surface area contributed by atoms with Crippen molar-refractivity contribution >= 4 is 21.6 Å². The lowest BCUT2D eigenvalue weighted by Crippen LogP contribution is -2.27. The summed E-state index contributed by atoms with van der Waals surface area (Å²) in [5.41, 5.74) is 1.98. The van der Waals surface area contributed by atoms with Gasteiger partial charge in [0.2, 0.25) is 0 Å². The summed E-state index contributed by atoms with van der Waals surface area (Å²) in [5.74, 6) is 1.43. The molecule has 34 heavy (non-hydrogen) atoms. The third-order valence-electron chi connectivity index (χ3n) is 5.45. The van der Waals surface area contributed by atoms with Crippen LogP contribution in [0.4, 0.5) is 5.69 Å². The Morgan fingerprint density at radius 3 is 2.53 bits per heavy atom. The molecule has 178 valence electrons. The number of rotatable bonds is 7. The van der Waals surface area contributed by atoms with Gasteiger partial charge in [-0.2, -0.15) is 0 Å². The molecule has 0 aromatic heterocycles. The lowest BCUT2D eigenvalue weighted by atomic mass is 10.1. The Hall–Kier alpha value is -3.72. The molecule has 3 aromatic carbocycles. The summed E-state index contributed by atoms with van der Waals surface area (Å²) >= 11 is 0. The van der Waals surface area contributed by atoms with Gasteiger partial charge in [-0.15, -0.1) is 0 Å². The van der Waals surface area contributed by atoms with Gasteiger partial charge < -0.3 is 19.1 Å². The maximum atomic E-state index is 13.1. The molecule has 0 fully saturated rings. The van der Waals surface area contributed by atoms with E-state index < -0.39 is 10.0 Å². The molecule has 0 aliphatic carbocycles. The highest BCUT2D eigenvalue weighted by Gasteiger charge is 2.22. The first-order chi connectivity index (χ1) is 16.3. The number of sulfonamides is 1. The average Bonchev–Trinajstić information content (AvgIpc) is 2.83. The lowest BCUT2D eigenvalue weighted by Gasteiger charge is -2.21. The Morgan fingerprint density at radius 1 is 1.03 bits per heavy atom. The number of para-hydroxylation sites is 2. The Kier molecular flexibility index (Phi) is 6.65. The largest absolute Gasteiger partial charge is 0.495 e. The van der Waals surface area contributed by atoms with Crippen molar-refractivity contribution < 1.29 is 27.4 Å². The topological polar surface area (TPSA) is 94.2 Å². The molecule has 1 aliphatic heterocycles. The molecule has 1 aliphatic rings. The van der Waals surface area contributed by atoms with Gasteiger partial charge in [0.1, 0.15) is 19.0 Å². The summed E-state index contributed by atoms with van der Waals surface area (Å²) in [5, 5.41) is 0. The molecule has 3 aromatic rings. The summed E-state index contributed by atoms with van der Waals surface area (Å²) < 4.78 is 45.2. The van der Waals surface area contributed by atoms with Crippen LogP contribution >= 0.6 is 0 Å². The second-order valence-electron chi connectivity index (χ2n) is 7.93. The summed E-state index contributed by atoms with van der Waals surface area (Å²) in [6.07, 6.45) is 0. The molecule has 0 unspecified atom stereocenters. The number of nitrogens with zero attached hydrogens (tertiary/aromatic N) is 1. The quantitative estimate of drug-likeness (QED) is 0.550. The van der Waals surface area contributed by atoms with Crippen LogP contribution in [0.3, 0.4) is 0 Å². The Morgan fingerprint density at radius 2 is 1.76 bits per heavy atom. The van der Waals surface area contributed by atoms with Gasteiger partial charge in [-0.05, 0) is 54.4 Å². The SMILES string of the molecule is COc1ccccc1NS(=O)(=O)c1cc(C(=O)N(C)Cc2ccc3c(c2)OCCO3)ccc1C. The second kappa shape index (κ2) is 9.64. The van der Waals surface area contributed by atoms with Crippen LogP contribution in [0.25, 0.3) is 0 Å².